The van der Waals surface area contributed by atoms with Crippen LogP contribution in [0.1, 0.15) is 11.5 Å². The maximum atomic E-state index is 5.93. The van der Waals surface area contributed by atoms with Crippen LogP contribution < -0.4 is 5.73 Å². The Labute approximate surface area is 131 Å². The third-order valence-corrected chi connectivity index (χ3v) is 3.71. The van der Waals surface area contributed by atoms with Crippen LogP contribution in [0.25, 0.3) is 11.4 Å². The van der Waals surface area contributed by atoms with Crippen molar-refractivity contribution in [1.82, 2.24) is 10.1 Å². The Balaban J connectivity index is 1.72. The molecule has 1 heterocycles. The van der Waals surface area contributed by atoms with Gasteiger partial charge in [0.05, 0.1) is 0 Å². The first-order chi connectivity index (χ1) is 10.2. The molecule has 0 aliphatic rings. The minimum Gasteiger partial charge on any atom is -0.399 e. The van der Waals surface area contributed by atoms with E-state index >= 15 is 0 Å². The summed E-state index contributed by atoms with van der Waals surface area (Å²) in [6, 6.07) is 15.6. The van der Waals surface area contributed by atoms with Gasteiger partial charge in [0.25, 0.3) is 0 Å². The number of rotatable bonds is 4. The zero-order chi connectivity index (χ0) is 14.7. The fourth-order valence-corrected chi connectivity index (χ4v) is 2.50. The van der Waals surface area contributed by atoms with Gasteiger partial charge in [-0.1, -0.05) is 51.4 Å². The molecule has 21 heavy (non-hydrogen) atoms. The number of nitrogens with two attached hydrogens (primary N) is 1. The van der Waals surface area contributed by atoms with E-state index in [2.05, 4.69) is 26.1 Å². The minimum absolute atomic E-state index is 0.604. The summed E-state index contributed by atoms with van der Waals surface area (Å²) in [5.41, 5.74) is 8.75. The van der Waals surface area contributed by atoms with Crippen LogP contribution in [0.3, 0.4) is 0 Å². The number of para-hydroxylation sites is 1. The topological polar surface area (TPSA) is 64.9 Å². The van der Waals surface area contributed by atoms with E-state index in [4.69, 9.17) is 10.3 Å². The molecule has 3 aromatic rings. The Kier molecular flexibility index (Phi) is 4.01. The lowest BCUT2D eigenvalue weighted by Crippen LogP contribution is -1.97. The van der Waals surface area contributed by atoms with Crippen LogP contribution in [-0.2, 0) is 12.8 Å². The number of hydrogen-bond donors (Lipinski definition) is 1. The van der Waals surface area contributed by atoms with Gasteiger partial charge in [-0.2, -0.15) is 4.98 Å². The molecular formula is C16H14BrN3O. The predicted octanol–water partition coefficient (Wildman–Crippen LogP) is 3.87. The maximum Gasteiger partial charge on any atom is 0.227 e. The van der Waals surface area contributed by atoms with Gasteiger partial charge in [-0.3, -0.25) is 0 Å². The second kappa shape index (κ2) is 6.10. The highest BCUT2D eigenvalue weighted by Crippen LogP contribution is 2.21. The zero-order valence-electron chi connectivity index (χ0n) is 11.3. The molecule has 2 N–H and O–H groups in total. The van der Waals surface area contributed by atoms with Crippen molar-refractivity contribution in [2.24, 2.45) is 0 Å². The predicted molar refractivity (Wildman–Crippen MR) is 85.7 cm³/mol. The summed E-state index contributed by atoms with van der Waals surface area (Å²) in [5.74, 6) is 1.22. The second-order valence-corrected chi connectivity index (χ2v) is 5.64. The molecule has 0 fully saturated rings. The molecule has 5 heteroatoms. The number of aryl methyl sites for hydroxylation is 2. The molecule has 0 atom stereocenters. The van der Waals surface area contributed by atoms with E-state index in [0.29, 0.717) is 18.1 Å². The number of hydrogen-bond acceptors (Lipinski definition) is 4. The number of aromatic nitrogens is 2. The lowest BCUT2D eigenvalue weighted by molar-refractivity contribution is 0.379. The SMILES string of the molecule is Nc1ccccc1CCc1nc(-c2cccc(Br)c2)no1. The van der Waals surface area contributed by atoms with E-state index in [0.717, 1.165) is 27.7 Å². The van der Waals surface area contributed by atoms with Gasteiger partial charge in [-0.15, -0.1) is 0 Å². The molecule has 0 aliphatic carbocycles. The minimum atomic E-state index is 0.604. The molecule has 0 amide bonds. The average molecular weight is 344 g/mol. The highest BCUT2D eigenvalue weighted by molar-refractivity contribution is 9.10. The van der Waals surface area contributed by atoms with Gasteiger partial charge in [0.15, 0.2) is 0 Å². The van der Waals surface area contributed by atoms with E-state index < -0.39 is 0 Å². The highest BCUT2D eigenvalue weighted by atomic mass is 79.9. The molecule has 0 spiro atoms. The first-order valence-electron chi connectivity index (χ1n) is 6.64. The van der Waals surface area contributed by atoms with E-state index in [-0.39, 0.29) is 0 Å². The van der Waals surface area contributed by atoms with Crippen molar-refractivity contribution in [3.63, 3.8) is 0 Å². The Hall–Kier alpha value is -2.14. The molecule has 0 aliphatic heterocycles. The molecule has 106 valence electrons. The molecular weight excluding hydrogens is 330 g/mol. The Morgan fingerprint density at radius 2 is 1.90 bits per heavy atom. The van der Waals surface area contributed by atoms with Crippen LogP contribution in [0.2, 0.25) is 0 Å². The summed E-state index contributed by atoms with van der Waals surface area (Å²) in [6.07, 6.45) is 1.46. The van der Waals surface area contributed by atoms with Gasteiger partial charge in [0.1, 0.15) is 0 Å². The van der Waals surface area contributed by atoms with Crippen molar-refractivity contribution in [2.75, 3.05) is 5.73 Å². The van der Waals surface area contributed by atoms with Gasteiger partial charge in [0, 0.05) is 22.1 Å². The van der Waals surface area contributed by atoms with Crippen LogP contribution in [0.15, 0.2) is 57.5 Å². The normalized spacial score (nSPS) is 10.7. The molecule has 0 saturated heterocycles. The molecule has 0 saturated carbocycles. The van der Waals surface area contributed by atoms with Gasteiger partial charge in [0.2, 0.25) is 11.7 Å². The summed E-state index contributed by atoms with van der Waals surface area (Å²) in [4.78, 5) is 4.43. The number of nitrogens with zero attached hydrogens (tertiary/aromatic N) is 2. The van der Waals surface area contributed by atoms with Gasteiger partial charge >= 0.3 is 0 Å². The Bertz CT molecular complexity index is 755. The summed E-state index contributed by atoms with van der Waals surface area (Å²) in [7, 11) is 0. The summed E-state index contributed by atoms with van der Waals surface area (Å²) in [6.45, 7) is 0. The van der Waals surface area contributed by atoms with Crippen molar-refractivity contribution >= 4 is 21.6 Å². The molecule has 0 radical (unpaired) electrons. The molecule has 3 rings (SSSR count). The third kappa shape index (κ3) is 3.31. The van der Waals surface area contributed by atoms with Gasteiger partial charge < -0.3 is 10.3 Å². The summed E-state index contributed by atoms with van der Waals surface area (Å²) in [5, 5.41) is 4.02. The van der Waals surface area contributed by atoms with Crippen LogP contribution in [0, 0.1) is 0 Å². The van der Waals surface area contributed by atoms with Crippen LogP contribution >= 0.6 is 15.9 Å². The number of halogens is 1. The largest absolute Gasteiger partial charge is 0.399 e. The first-order valence-corrected chi connectivity index (χ1v) is 7.43. The van der Waals surface area contributed by atoms with Crippen molar-refractivity contribution < 1.29 is 4.52 Å². The number of anilines is 1. The van der Waals surface area contributed by atoms with E-state index in [1.54, 1.807) is 0 Å². The summed E-state index contributed by atoms with van der Waals surface area (Å²) >= 11 is 3.44. The van der Waals surface area contributed by atoms with E-state index in [9.17, 15) is 0 Å². The fraction of sp³-hybridized carbons (Fsp3) is 0.125. The van der Waals surface area contributed by atoms with Crippen molar-refractivity contribution in [2.45, 2.75) is 12.8 Å². The van der Waals surface area contributed by atoms with Gasteiger partial charge in [-0.25, -0.2) is 0 Å². The second-order valence-electron chi connectivity index (χ2n) is 4.72. The van der Waals surface area contributed by atoms with E-state index in [1.165, 1.54) is 0 Å². The van der Waals surface area contributed by atoms with Crippen LogP contribution in [-0.4, -0.2) is 10.1 Å². The molecule has 4 nitrogen and oxygen atoms in total. The van der Waals surface area contributed by atoms with Crippen molar-refractivity contribution in [1.29, 1.82) is 0 Å². The van der Waals surface area contributed by atoms with Crippen molar-refractivity contribution in [3.05, 3.63) is 64.5 Å². The quantitative estimate of drug-likeness (QED) is 0.730. The van der Waals surface area contributed by atoms with Crippen molar-refractivity contribution in [3.8, 4) is 11.4 Å². The summed E-state index contributed by atoms with van der Waals surface area (Å²) < 4.78 is 6.29. The Morgan fingerprint density at radius 3 is 2.71 bits per heavy atom. The Morgan fingerprint density at radius 1 is 1.05 bits per heavy atom. The molecule has 0 unspecified atom stereocenters. The standard InChI is InChI=1S/C16H14BrN3O/c17-13-6-3-5-12(10-13)16-19-15(21-20-16)9-8-11-4-1-2-7-14(11)18/h1-7,10H,8-9,18H2. The number of nitrogen functional groups attached to an aromatic ring is 1. The highest BCUT2D eigenvalue weighted by Gasteiger charge is 2.09. The molecule has 2 aromatic carbocycles. The van der Waals surface area contributed by atoms with Gasteiger partial charge in [-0.05, 0) is 30.2 Å². The zero-order valence-corrected chi connectivity index (χ0v) is 12.9. The monoisotopic (exact) mass is 343 g/mol. The lowest BCUT2D eigenvalue weighted by Gasteiger charge is -2.02. The fourth-order valence-electron chi connectivity index (χ4n) is 2.10. The first kappa shape index (κ1) is 13.8. The van der Waals surface area contributed by atoms with E-state index in [1.807, 2.05) is 48.5 Å². The molecule has 1 aromatic heterocycles. The van der Waals surface area contributed by atoms with Crippen LogP contribution in [0.4, 0.5) is 5.69 Å². The average Bonchev–Trinajstić information content (AvgIpc) is 2.95. The molecule has 0 bridgehead atoms. The lowest BCUT2D eigenvalue weighted by atomic mass is 10.1. The third-order valence-electron chi connectivity index (χ3n) is 3.21. The smallest absolute Gasteiger partial charge is 0.227 e. The number of benzene rings is 2. The van der Waals surface area contributed by atoms with Crippen LogP contribution in [0.5, 0.6) is 0 Å². The maximum absolute atomic E-state index is 5.93.